The Hall–Kier alpha value is -2.94. The van der Waals surface area contributed by atoms with Crippen LogP contribution in [0.4, 0.5) is 0 Å². The number of thiophene rings is 1. The average molecular weight is 310 g/mol. The molecule has 0 fully saturated rings. The summed E-state index contributed by atoms with van der Waals surface area (Å²) in [5.41, 5.74) is -0.924. The van der Waals surface area contributed by atoms with Crippen LogP contribution in [0, 0.1) is 0 Å². The predicted octanol–water partition coefficient (Wildman–Crippen LogP) is 1.69. The predicted molar refractivity (Wildman–Crippen MR) is 69.7 cm³/mol. The van der Waals surface area contributed by atoms with E-state index in [1.54, 1.807) is 0 Å². The van der Waals surface area contributed by atoms with E-state index in [9.17, 15) is 19.2 Å². The molecule has 1 aromatic heterocycles. The lowest BCUT2D eigenvalue weighted by Gasteiger charge is -2.03. The molecule has 0 atom stereocenters. The molecule has 0 aliphatic rings. The smallest absolute Gasteiger partial charge is 0.346 e. The third kappa shape index (κ3) is 2.19. The standard InChI is InChI=1S/C12H6O8S/c13-9(14)3-1-2-4(10(15)16)6-5(3)7(11(17)18)21-8(6)12(19)20/h1-2H,(H,13,14)(H,15,16)(H,17,18)(H,19,20). The second kappa shape index (κ2) is 4.87. The van der Waals surface area contributed by atoms with Gasteiger partial charge in [0.05, 0.1) is 11.1 Å². The largest absolute Gasteiger partial charge is 0.478 e. The van der Waals surface area contributed by atoms with Crippen LogP contribution in [0.15, 0.2) is 12.1 Å². The molecule has 1 heterocycles. The molecule has 2 aromatic rings. The number of hydrogen-bond donors (Lipinski definition) is 4. The van der Waals surface area contributed by atoms with Gasteiger partial charge in [-0.3, -0.25) is 0 Å². The number of carboxylic acid groups (broad SMARTS) is 4. The highest BCUT2D eigenvalue weighted by Crippen LogP contribution is 2.36. The second-order valence-corrected chi connectivity index (χ2v) is 4.91. The Morgan fingerprint density at radius 1 is 0.667 bits per heavy atom. The fourth-order valence-electron chi connectivity index (χ4n) is 1.94. The Morgan fingerprint density at radius 2 is 1.00 bits per heavy atom. The molecule has 0 spiro atoms. The molecule has 0 aliphatic carbocycles. The van der Waals surface area contributed by atoms with Crippen LogP contribution in [0.5, 0.6) is 0 Å². The molecule has 0 bridgehead atoms. The number of carbonyl (C=O) groups is 4. The van der Waals surface area contributed by atoms with Gasteiger partial charge in [-0.1, -0.05) is 0 Å². The number of aromatic carboxylic acids is 4. The summed E-state index contributed by atoms with van der Waals surface area (Å²) < 4.78 is 0. The molecule has 21 heavy (non-hydrogen) atoms. The maximum atomic E-state index is 11.2. The van der Waals surface area contributed by atoms with Crippen molar-refractivity contribution >= 4 is 46.0 Å². The van der Waals surface area contributed by atoms with E-state index in [1.807, 2.05) is 0 Å². The molecule has 4 N–H and O–H groups in total. The van der Waals surface area contributed by atoms with Crippen molar-refractivity contribution in [2.24, 2.45) is 0 Å². The second-order valence-electron chi connectivity index (χ2n) is 3.89. The first-order chi connectivity index (χ1) is 9.75. The number of rotatable bonds is 4. The van der Waals surface area contributed by atoms with Gasteiger partial charge in [-0.15, -0.1) is 11.3 Å². The van der Waals surface area contributed by atoms with Crippen LogP contribution in [0.2, 0.25) is 0 Å². The fraction of sp³-hybridized carbons (Fsp3) is 0. The Morgan fingerprint density at radius 3 is 1.24 bits per heavy atom. The summed E-state index contributed by atoms with van der Waals surface area (Å²) in [7, 11) is 0. The first-order valence-corrected chi connectivity index (χ1v) is 6.10. The molecule has 0 aliphatic heterocycles. The summed E-state index contributed by atoms with van der Waals surface area (Å²) in [4.78, 5) is 43.7. The van der Waals surface area contributed by atoms with Gasteiger partial charge in [-0.25, -0.2) is 19.2 Å². The van der Waals surface area contributed by atoms with Crippen molar-refractivity contribution in [3.63, 3.8) is 0 Å². The third-order valence-electron chi connectivity index (χ3n) is 2.71. The minimum atomic E-state index is -1.53. The Labute approximate surface area is 119 Å². The van der Waals surface area contributed by atoms with Crippen molar-refractivity contribution in [3.8, 4) is 0 Å². The minimum Gasteiger partial charge on any atom is -0.478 e. The van der Waals surface area contributed by atoms with E-state index in [4.69, 9.17) is 20.4 Å². The fourth-order valence-corrected chi connectivity index (χ4v) is 2.94. The molecule has 9 heteroatoms. The summed E-state index contributed by atoms with van der Waals surface area (Å²) in [5, 5.41) is 35.6. The SMILES string of the molecule is O=C(O)c1ccc(C(=O)O)c2c(C(=O)O)sc(C(=O)O)c12. The zero-order chi connectivity index (χ0) is 15.9. The maximum Gasteiger partial charge on any atom is 0.346 e. The highest BCUT2D eigenvalue weighted by molar-refractivity contribution is 7.17. The van der Waals surface area contributed by atoms with E-state index in [2.05, 4.69) is 0 Å². The Balaban J connectivity index is 3.11. The van der Waals surface area contributed by atoms with Crippen LogP contribution in [-0.4, -0.2) is 44.3 Å². The summed E-state index contributed by atoms with van der Waals surface area (Å²) >= 11 is 0.326. The maximum absolute atomic E-state index is 11.2. The summed E-state index contributed by atoms with van der Waals surface area (Å²) in [6, 6.07) is 1.89. The Kier molecular flexibility index (Phi) is 3.36. The summed E-state index contributed by atoms with van der Waals surface area (Å²) in [5.74, 6) is -6.01. The molecule has 0 unspecified atom stereocenters. The van der Waals surface area contributed by atoms with Gasteiger partial charge >= 0.3 is 23.9 Å². The van der Waals surface area contributed by atoms with Gasteiger partial charge < -0.3 is 20.4 Å². The summed E-state index contributed by atoms with van der Waals surface area (Å²) in [6.45, 7) is 0. The average Bonchev–Trinajstić information content (AvgIpc) is 2.77. The van der Waals surface area contributed by atoms with Crippen LogP contribution < -0.4 is 0 Å². The first kappa shape index (κ1) is 14.5. The van der Waals surface area contributed by atoms with Gasteiger partial charge in [-0.2, -0.15) is 0 Å². The van der Waals surface area contributed by atoms with Crippen LogP contribution in [0.1, 0.15) is 40.1 Å². The first-order valence-electron chi connectivity index (χ1n) is 5.28. The van der Waals surface area contributed by atoms with Crippen molar-refractivity contribution in [2.45, 2.75) is 0 Å². The van der Waals surface area contributed by atoms with Gasteiger partial charge in [0, 0.05) is 10.8 Å². The molecular formula is C12H6O8S. The molecule has 0 amide bonds. The number of fused-ring (bicyclic) bond motifs is 1. The lowest BCUT2D eigenvalue weighted by atomic mass is 9.99. The van der Waals surface area contributed by atoms with Crippen molar-refractivity contribution < 1.29 is 39.6 Å². The van der Waals surface area contributed by atoms with E-state index in [0.717, 1.165) is 12.1 Å². The highest BCUT2D eigenvalue weighted by atomic mass is 32.1. The molecule has 108 valence electrons. The van der Waals surface area contributed by atoms with Gasteiger partial charge in [0.25, 0.3) is 0 Å². The molecule has 1 aromatic carbocycles. The number of carboxylic acids is 4. The lowest BCUT2D eigenvalue weighted by Crippen LogP contribution is -2.05. The molecule has 8 nitrogen and oxygen atoms in total. The van der Waals surface area contributed by atoms with Crippen molar-refractivity contribution in [3.05, 3.63) is 33.0 Å². The van der Waals surface area contributed by atoms with E-state index in [-0.39, 0.29) is 0 Å². The molecule has 0 radical (unpaired) electrons. The molecular weight excluding hydrogens is 304 g/mol. The van der Waals surface area contributed by atoms with Gasteiger partial charge in [-0.05, 0) is 12.1 Å². The quantitative estimate of drug-likeness (QED) is 0.666. The zero-order valence-electron chi connectivity index (χ0n) is 9.98. The minimum absolute atomic E-state index is 0.326. The van der Waals surface area contributed by atoms with E-state index in [0.29, 0.717) is 11.3 Å². The summed E-state index contributed by atoms with van der Waals surface area (Å²) in [6.07, 6.45) is 0. The van der Waals surface area contributed by atoms with Crippen LogP contribution >= 0.6 is 11.3 Å². The third-order valence-corrected chi connectivity index (χ3v) is 3.88. The van der Waals surface area contributed by atoms with E-state index < -0.39 is 55.5 Å². The Bertz CT molecular complexity index is 750. The van der Waals surface area contributed by atoms with Gasteiger partial charge in [0.15, 0.2) is 0 Å². The van der Waals surface area contributed by atoms with Crippen molar-refractivity contribution in [1.82, 2.24) is 0 Å². The van der Waals surface area contributed by atoms with Crippen LogP contribution in [-0.2, 0) is 0 Å². The number of benzene rings is 1. The number of hydrogen-bond acceptors (Lipinski definition) is 5. The monoisotopic (exact) mass is 310 g/mol. The van der Waals surface area contributed by atoms with Gasteiger partial charge in [0.1, 0.15) is 9.75 Å². The van der Waals surface area contributed by atoms with E-state index >= 15 is 0 Å². The normalized spacial score (nSPS) is 10.5. The van der Waals surface area contributed by atoms with Gasteiger partial charge in [0.2, 0.25) is 0 Å². The molecule has 0 saturated carbocycles. The lowest BCUT2D eigenvalue weighted by molar-refractivity contribution is 0.0680. The van der Waals surface area contributed by atoms with Crippen molar-refractivity contribution in [1.29, 1.82) is 0 Å². The van der Waals surface area contributed by atoms with Crippen molar-refractivity contribution in [2.75, 3.05) is 0 Å². The molecule has 0 saturated heterocycles. The molecule has 2 rings (SSSR count). The topological polar surface area (TPSA) is 149 Å². The van der Waals surface area contributed by atoms with Crippen LogP contribution in [0.25, 0.3) is 10.8 Å². The van der Waals surface area contributed by atoms with E-state index in [1.165, 1.54) is 0 Å². The zero-order valence-corrected chi connectivity index (χ0v) is 10.8. The highest BCUT2D eigenvalue weighted by Gasteiger charge is 2.28. The van der Waals surface area contributed by atoms with Crippen LogP contribution in [0.3, 0.4) is 0 Å².